The molecule has 8 nitrogen and oxygen atoms in total. The van der Waals surface area contributed by atoms with Crippen molar-refractivity contribution in [3.05, 3.63) is 59.6 Å². The molecule has 1 aliphatic rings. The summed E-state index contributed by atoms with van der Waals surface area (Å²) in [6.07, 6.45) is 3.11. The van der Waals surface area contributed by atoms with Crippen molar-refractivity contribution in [1.82, 2.24) is 4.90 Å². The lowest BCUT2D eigenvalue weighted by molar-refractivity contribution is 0.0574. The van der Waals surface area contributed by atoms with Crippen LogP contribution in [0, 0.1) is 5.92 Å². The van der Waals surface area contributed by atoms with E-state index in [9.17, 15) is 13.2 Å². The maximum atomic E-state index is 13.3. The van der Waals surface area contributed by atoms with E-state index in [2.05, 4.69) is 24.1 Å². The van der Waals surface area contributed by atoms with Gasteiger partial charge in [-0.05, 0) is 62.2 Å². The van der Waals surface area contributed by atoms with Gasteiger partial charge in [0.25, 0.3) is 10.1 Å². The number of nitrogens with zero attached hydrogens (tertiary/aromatic N) is 2. The minimum atomic E-state index is -3.67. The minimum absolute atomic E-state index is 0.150. The van der Waals surface area contributed by atoms with Crippen LogP contribution in [0.1, 0.15) is 26.7 Å². The van der Waals surface area contributed by atoms with E-state index in [1.54, 1.807) is 12.1 Å². The lowest BCUT2D eigenvalue weighted by Gasteiger charge is -2.33. The smallest absolute Gasteiger partial charge is 0.326 e. The predicted molar refractivity (Wildman–Crippen MR) is 142 cm³/mol. The van der Waals surface area contributed by atoms with Gasteiger partial charge in [0, 0.05) is 29.5 Å². The van der Waals surface area contributed by atoms with Crippen molar-refractivity contribution in [2.75, 3.05) is 49.3 Å². The third-order valence-electron chi connectivity index (χ3n) is 5.20. The van der Waals surface area contributed by atoms with Crippen LogP contribution in [0.3, 0.4) is 0 Å². The molecule has 2 aromatic carbocycles. The van der Waals surface area contributed by atoms with Gasteiger partial charge >= 0.3 is 6.03 Å². The number of benzene rings is 2. The molecular formula is C25H36ClN3O5S. The Kier molecular flexibility index (Phi) is 12.0. The highest BCUT2D eigenvalue weighted by Crippen LogP contribution is 2.21. The van der Waals surface area contributed by atoms with Crippen molar-refractivity contribution in [1.29, 1.82) is 0 Å². The number of rotatable bonds is 9. The second kappa shape index (κ2) is 14.4. The Morgan fingerprint density at radius 2 is 1.74 bits per heavy atom. The molecule has 1 aliphatic heterocycles. The first-order valence-electron chi connectivity index (χ1n) is 11.7. The summed E-state index contributed by atoms with van der Waals surface area (Å²) >= 11 is 6.09. The van der Waals surface area contributed by atoms with Gasteiger partial charge < -0.3 is 10.1 Å². The molecule has 194 valence electrons. The summed E-state index contributed by atoms with van der Waals surface area (Å²) in [7, 11) is -3.67. The molecule has 2 aromatic rings. The van der Waals surface area contributed by atoms with Crippen LogP contribution < -0.4 is 10.2 Å². The van der Waals surface area contributed by atoms with Gasteiger partial charge in [-0.15, -0.1) is 0 Å². The number of carbonyl (C=O) groups is 1. The van der Waals surface area contributed by atoms with Gasteiger partial charge in [0.05, 0.1) is 18.9 Å². The van der Waals surface area contributed by atoms with Gasteiger partial charge in [-0.1, -0.05) is 49.7 Å². The summed E-state index contributed by atoms with van der Waals surface area (Å²) in [5.74, 6) is 0.487. The summed E-state index contributed by atoms with van der Waals surface area (Å²) in [6, 6.07) is 17.0. The summed E-state index contributed by atoms with van der Waals surface area (Å²) in [5.41, 5.74) is 1.55. The maximum absolute atomic E-state index is 13.3. The Hall–Kier alpha value is -2.17. The van der Waals surface area contributed by atoms with E-state index >= 15 is 0 Å². The number of ether oxygens (including phenoxy) is 1. The van der Waals surface area contributed by atoms with E-state index in [0.29, 0.717) is 36.0 Å². The molecule has 1 unspecified atom stereocenters. The van der Waals surface area contributed by atoms with Crippen molar-refractivity contribution in [3.63, 3.8) is 0 Å². The fraction of sp³-hybridized carbons (Fsp3) is 0.480. The van der Waals surface area contributed by atoms with E-state index in [4.69, 9.17) is 20.9 Å². The van der Waals surface area contributed by atoms with Crippen LogP contribution in [-0.4, -0.2) is 69.0 Å². The van der Waals surface area contributed by atoms with Crippen LogP contribution in [0.2, 0.25) is 5.02 Å². The van der Waals surface area contributed by atoms with Crippen molar-refractivity contribution in [3.8, 4) is 0 Å². The van der Waals surface area contributed by atoms with E-state index in [1.165, 1.54) is 12.8 Å². The molecule has 0 spiro atoms. The number of anilines is 2. The lowest BCUT2D eigenvalue weighted by Crippen LogP contribution is -2.49. The molecule has 1 heterocycles. The molecule has 10 heteroatoms. The molecule has 0 saturated carbocycles. The van der Waals surface area contributed by atoms with Crippen LogP contribution >= 0.6 is 11.6 Å². The first-order valence-corrected chi connectivity index (χ1v) is 13.9. The standard InChI is InChI=1S/C24H32ClN3O2.CH4O3S/c1-19(2)17-30-18-23(27-13-6-7-14-27)16-28(22-11-4-3-5-12-22)24(29)26-21-10-8-9-20(25)15-21;1-5(2,3)4/h3-5,8-12,15,19,23H,6-7,13-14,16-18H2,1-2H3,(H,26,29);1H3,(H,2,3,4). The highest BCUT2D eigenvalue weighted by Gasteiger charge is 2.27. The molecule has 35 heavy (non-hydrogen) atoms. The largest absolute Gasteiger partial charge is 0.379 e. The Morgan fingerprint density at radius 3 is 2.31 bits per heavy atom. The van der Waals surface area contributed by atoms with E-state index in [0.717, 1.165) is 25.4 Å². The quantitative estimate of drug-likeness (QED) is 0.446. The number of carbonyl (C=O) groups excluding carboxylic acids is 1. The monoisotopic (exact) mass is 525 g/mol. The number of likely N-dealkylation sites (tertiary alicyclic amines) is 1. The van der Waals surface area contributed by atoms with Gasteiger partial charge in [-0.3, -0.25) is 14.4 Å². The molecule has 1 fully saturated rings. The molecule has 0 aromatic heterocycles. The van der Waals surface area contributed by atoms with Crippen molar-refractivity contribution in [2.24, 2.45) is 5.92 Å². The van der Waals surface area contributed by atoms with Crippen LogP contribution in [0.5, 0.6) is 0 Å². The Morgan fingerprint density at radius 1 is 1.11 bits per heavy atom. The summed E-state index contributed by atoms with van der Waals surface area (Å²) in [5, 5.41) is 3.59. The second-order valence-electron chi connectivity index (χ2n) is 8.95. The fourth-order valence-electron chi connectivity index (χ4n) is 3.70. The number of para-hydroxylation sites is 1. The first-order chi connectivity index (χ1) is 16.5. The molecule has 2 N–H and O–H groups in total. The molecule has 1 saturated heterocycles. The van der Waals surface area contributed by atoms with Crippen LogP contribution in [0.15, 0.2) is 54.6 Å². The van der Waals surface area contributed by atoms with Gasteiger partial charge in [-0.25, -0.2) is 4.79 Å². The molecule has 0 bridgehead atoms. The molecule has 2 amide bonds. The van der Waals surface area contributed by atoms with Gasteiger partial charge in [0.2, 0.25) is 0 Å². The number of nitrogens with one attached hydrogen (secondary N) is 1. The SMILES string of the molecule is CC(C)COCC(CN(C(=O)Nc1cccc(Cl)c1)c1ccccc1)N1CCCC1.CS(=O)(=O)O. The first kappa shape index (κ1) is 29.1. The number of amides is 2. The van der Waals surface area contributed by atoms with Crippen molar-refractivity contribution >= 4 is 39.1 Å². The van der Waals surface area contributed by atoms with E-state index in [1.807, 2.05) is 47.4 Å². The zero-order valence-electron chi connectivity index (χ0n) is 20.6. The Bertz CT molecular complexity index is 1010. The fourth-order valence-corrected chi connectivity index (χ4v) is 3.89. The number of hydrogen-bond donors (Lipinski definition) is 2. The third kappa shape index (κ3) is 11.9. The highest BCUT2D eigenvalue weighted by atomic mass is 35.5. The van der Waals surface area contributed by atoms with E-state index < -0.39 is 10.1 Å². The van der Waals surface area contributed by atoms with Crippen molar-refractivity contribution < 1.29 is 22.5 Å². The summed E-state index contributed by atoms with van der Waals surface area (Å²) < 4.78 is 31.9. The highest BCUT2D eigenvalue weighted by molar-refractivity contribution is 7.85. The maximum Gasteiger partial charge on any atom is 0.326 e. The van der Waals surface area contributed by atoms with Crippen molar-refractivity contribution in [2.45, 2.75) is 32.7 Å². The molecule has 1 atom stereocenters. The average Bonchev–Trinajstić information content (AvgIpc) is 3.30. The number of urea groups is 1. The normalized spacial score (nSPS) is 14.8. The van der Waals surface area contributed by atoms with Crippen LogP contribution in [0.4, 0.5) is 16.2 Å². The second-order valence-corrected chi connectivity index (χ2v) is 10.9. The summed E-state index contributed by atoms with van der Waals surface area (Å²) in [6.45, 7) is 8.31. The molecule has 0 aliphatic carbocycles. The van der Waals surface area contributed by atoms with Crippen LogP contribution in [-0.2, 0) is 14.9 Å². The number of hydrogen-bond acceptors (Lipinski definition) is 5. The Labute approximate surface area is 214 Å². The van der Waals surface area contributed by atoms with Gasteiger partial charge in [-0.2, -0.15) is 8.42 Å². The Balaban J connectivity index is 0.000000784. The molecule has 3 rings (SSSR count). The molecular weight excluding hydrogens is 490 g/mol. The minimum Gasteiger partial charge on any atom is -0.379 e. The topological polar surface area (TPSA) is 99.2 Å². The number of halogens is 1. The third-order valence-corrected chi connectivity index (χ3v) is 5.44. The molecule has 0 radical (unpaired) electrons. The zero-order chi connectivity index (χ0) is 25.8. The zero-order valence-corrected chi connectivity index (χ0v) is 22.1. The summed E-state index contributed by atoms with van der Waals surface area (Å²) in [4.78, 5) is 17.5. The van der Waals surface area contributed by atoms with E-state index in [-0.39, 0.29) is 12.1 Å². The van der Waals surface area contributed by atoms with Gasteiger partial charge in [0.1, 0.15) is 0 Å². The van der Waals surface area contributed by atoms with Crippen LogP contribution in [0.25, 0.3) is 0 Å². The average molecular weight is 526 g/mol. The van der Waals surface area contributed by atoms with Gasteiger partial charge in [0.15, 0.2) is 0 Å². The predicted octanol–water partition coefficient (Wildman–Crippen LogP) is 5.02. The lowest BCUT2D eigenvalue weighted by atomic mass is 10.2.